The normalized spacial score (nSPS) is 16.5. The van der Waals surface area contributed by atoms with Crippen LogP contribution in [0.1, 0.15) is 48.2 Å². The minimum absolute atomic E-state index is 0. The fraction of sp³-hybridized carbons (Fsp3) is 0.588. The van der Waals surface area contributed by atoms with Gasteiger partial charge in [-0.15, -0.1) is 23.7 Å². The molecule has 1 aliphatic heterocycles. The number of thiazole rings is 1. The summed E-state index contributed by atoms with van der Waals surface area (Å²) in [5.74, 6) is 0.442. The summed E-state index contributed by atoms with van der Waals surface area (Å²) in [5, 5.41) is 11.7. The van der Waals surface area contributed by atoms with Crippen molar-refractivity contribution in [1.29, 1.82) is 0 Å². The number of carbonyl (C=O) groups excluding carboxylic acids is 1. The molecule has 0 saturated carbocycles. The standard InChI is InChI=1S/C17H25N5OS.ClH/c1-12(2)15-13(3)24-14(21-15)11-19-16(23)17(5-8-18-9-6-17)22-10-4-7-20-22;/h4,7,10,12,18H,5-6,8-9,11H2,1-3H3,(H,19,23);1H. The fourth-order valence-corrected chi connectivity index (χ4v) is 4.35. The Hall–Kier alpha value is -1.44. The molecule has 0 radical (unpaired) electrons. The van der Waals surface area contributed by atoms with E-state index in [2.05, 4.69) is 41.5 Å². The predicted octanol–water partition coefficient (Wildman–Crippen LogP) is 2.59. The van der Waals surface area contributed by atoms with E-state index >= 15 is 0 Å². The van der Waals surface area contributed by atoms with Crippen LogP contribution in [0.4, 0.5) is 0 Å². The summed E-state index contributed by atoms with van der Waals surface area (Å²) < 4.78 is 1.82. The quantitative estimate of drug-likeness (QED) is 0.832. The lowest BCUT2D eigenvalue weighted by Crippen LogP contribution is -2.54. The van der Waals surface area contributed by atoms with Gasteiger partial charge in [0, 0.05) is 17.3 Å². The summed E-state index contributed by atoms with van der Waals surface area (Å²) in [4.78, 5) is 18.9. The Labute approximate surface area is 158 Å². The molecule has 25 heavy (non-hydrogen) atoms. The number of hydrogen-bond donors (Lipinski definition) is 2. The summed E-state index contributed by atoms with van der Waals surface area (Å²) in [6, 6.07) is 1.87. The third-order valence-electron chi connectivity index (χ3n) is 4.62. The lowest BCUT2D eigenvalue weighted by atomic mass is 9.87. The number of hydrogen-bond acceptors (Lipinski definition) is 5. The summed E-state index contributed by atoms with van der Waals surface area (Å²) in [6.45, 7) is 8.50. The van der Waals surface area contributed by atoms with Gasteiger partial charge in [-0.05, 0) is 44.8 Å². The van der Waals surface area contributed by atoms with Crippen molar-refractivity contribution in [3.63, 3.8) is 0 Å². The van der Waals surface area contributed by atoms with E-state index in [-0.39, 0.29) is 18.3 Å². The van der Waals surface area contributed by atoms with E-state index in [1.807, 2.05) is 16.9 Å². The average Bonchev–Trinajstić information content (AvgIpc) is 3.23. The van der Waals surface area contributed by atoms with Gasteiger partial charge in [-0.2, -0.15) is 5.10 Å². The molecule has 138 valence electrons. The predicted molar refractivity (Wildman–Crippen MR) is 102 cm³/mol. The molecule has 2 N–H and O–H groups in total. The molecule has 0 unspecified atom stereocenters. The van der Waals surface area contributed by atoms with E-state index in [1.165, 1.54) is 4.88 Å². The first kappa shape index (κ1) is 19.9. The Morgan fingerprint density at radius 3 is 2.72 bits per heavy atom. The Bertz CT molecular complexity index is 692. The second-order valence-electron chi connectivity index (χ2n) is 6.62. The SMILES string of the molecule is Cc1sc(CNC(=O)C2(n3cccn3)CCNCC2)nc1C(C)C.Cl. The number of aryl methyl sites for hydroxylation is 1. The molecule has 6 nitrogen and oxygen atoms in total. The first-order valence-corrected chi connectivity index (χ1v) is 9.30. The Balaban J connectivity index is 0.00000225. The molecular formula is C17H26ClN5OS. The summed E-state index contributed by atoms with van der Waals surface area (Å²) in [6.07, 6.45) is 5.11. The maximum absolute atomic E-state index is 13.0. The highest BCUT2D eigenvalue weighted by atomic mass is 35.5. The summed E-state index contributed by atoms with van der Waals surface area (Å²) in [7, 11) is 0. The maximum atomic E-state index is 13.0. The van der Waals surface area contributed by atoms with Gasteiger partial charge in [0.05, 0.1) is 12.2 Å². The van der Waals surface area contributed by atoms with Crippen molar-refractivity contribution >= 4 is 29.7 Å². The Kier molecular flexibility index (Phi) is 6.59. The van der Waals surface area contributed by atoms with Crippen LogP contribution in [0.2, 0.25) is 0 Å². The third kappa shape index (κ3) is 4.04. The fourth-order valence-electron chi connectivity index (χ4n) is 3.32. The molecule has 0 aliphatic carbocycles. The number of nitrogens with one attached hydrogen (secondary N) is 2. The number of aromatic nitrogens is 3. The van der Waals surface area contributed by atoms with Gasteiger partial charge in [0.25, 0.3) is 0 Å². The zero-order valence-corrected chi connectivity index (χ0v) is 16.5. The second-order valence-corrected chi connectivity index (χ2v) is 7.91. The van der Waals surface area contributed by atoms with Crippen LogP contribution in [0.5, 0.6) is 0 Å². The molecule has 3 rings (SSSR count). The molecule has 1 fully saturated rings. The van der Waals surface area contributed by atoms with Crippen LogP contribution >= 0.6 is 23.7 Å². The van der Waals surface area contributed by atoms with E-state index in [4.69, 9.17) is 0 Å². The van der Waals surface area contributed by atoms with Gasteiger partial charge in [0.2, 0.25) is 5.91 Å². The molecule has 1 saturated heterocycles. The van der Waals surface area contributed by atoms with Gasteiger partial charge in [-0.1, -0.05) is 13.8 Å². The van der Waals surface area contributed by atoms with Crippen LogP contribution in [0, 0.1) is 6.92 Å². The van der Waals surface area contributed by atoms with E-state index in [1.54, 1.807) is 17.5 Å². The number of nitrogens with zero attached hydrogens (tertiary/aromatic N) is 3. The van der Waals surface area contributed by atoms with E-state index in [0.29, 0.717) is 12.5 Å². The minimum Gasteiger partial charge on any atom is -0.347 e. The number of amides is 1. The first-order chi connectivity index (χ1) is 11.5. The molecule has 2 aromatic heterocycles. The molecule has 0 bridgehead atoms. The van der Waals surface area contributed by atoms with Gasteiger partial charge >= 0.3 is 0 Å². The molecule has 0 atom stereocenters. The van der Waals surface area contributed by atoms with Gasteiger partial charge in [-0.25, -0.2) is 4.98 Å². The summed E-state index contributed by atoms with van der Waals surface area (Å²) in [5.41, 5.74) is 0.537. The number of rotatable bonds is 5. The van der Waals surface area contributed by atoms with E-state index in [0.717, 1.165) is 36.6 Å². The first-order valence-electron chi connectivity index (χ1n) is 8.48. The van der Waals surface area contributed by atoms with Crippen LogP contribution in [-0.4, -0.2) is 33.8 Å². The van der Waals surface area contributed by atoms with Gasteiger partial charge in [0.15, 0.2) is 0 Å². The van der Waals surface area contributed by atoms with Crippen molar-refractivity contribution in [1.82, 2.24) is 25.4 Å². The van der Waals surface area contributed by atoms with Gasteiger partial charge in [-0.3, -0.25) is 9.48 Å². The molecule has 1 amide bonds. The zero-order chi connectivity index (χ0) is 17.2. The number of carbonyl (C=O) groups is 1. The smallest absolute Gasteiger partial charge is 0.248 e. The maximum Gasteiger partial charge on any atom is 0.248 e. The van der Waals surface area contributed by atoms with E-state index in [9.17, 15) is 4.79 Å². The van der Waals surface area contributed by atoms with Crippen LogP contribution < -0.4 is 10.6 Å². The zero-order valence-electron chi connectivity index (χ0n) is 14.9. The third-order valence-corrected chi connectivity index (χ3v) is 5.61. The largest absolute Gasteiger partial charge is 0.347 e. The van der Waals surface area contributed by atoms with Crippen molar-refractivity contribution in [2.75, 3.05) is 13.1 Å². The summed E-state index contributed by atoms with van der Waals surface area (Å²) >= 11 is 1.67. The topological polar surface area (TPSA) is 71.8 Å². The Morgan fingerprint density at radius 2 is 2.16 bits per heavy atom. The molecule has 0 spiro atoms. The van der Waals surface area contributed by atoms with Crippen LogP contribution in [-0.2, 0) is 16.9 Å². The van der Waals surface area contributed by atoms with Crippen LogP contribution in [0.3, 0.4) is 0 Å². The molecule has 0 aromatic carbocycles. The Morgan fingerprint density at radius 1 is 1.44 bits per heavy atom. The molecule has 3 heterocycles. The minimum atomic E-state index is -0.595. The second kappa shape index (κ2) is 8.29. The lowest BCUT2D eigenvalue weighted by molar-refractivity contribution is -0.132. The van der Waals surface area contributed by atoms with Crippen LogP contribution in [0.25, 0.3) is 0 Å². The number of halogens is 1. The van der Waals surface area contributed by atoms with Gasteiger partial charge < -0.3 is 10.6 Å². The van der Waals surface area contributed by atoms with Gasteiger partial charge in [0.1, 0.15) is 10.5 Å². The van der Waals surface area contributed by atoms with Crippen molar-refractivity contribution in [3.8, 4) is 0 Å². The van der Waals surface area contributed by atoms with Crippen molar-refractivity contribution < 1.29 is 4.79 Å². The molecule has 1 aliphatic rings. The number of piperidine rings is 1. The molecule has 2 aromatic rings. The highest BCUT2D eigenvalue weighted by Gasteiger charge is 2.41. The van der Waals surface area contributed by atoms with E-state index < -0.39 is 5.54 Å². The van der Waals surface area contributed by atoms with Crippen molar-refractivity contribution in [3.05, 3.63) is 34.0 Å². The monoisotopic (exact) mass is 383 g/mol. The lowest BCUT2D eigenvalue weighted by Gasteiger charge is -2.36. The van der Waals surface area contributed by atoms with Crippen molar-refractivity contribution in [2.45, 2.75) is 51.6 Å². The highest BCUT2D eigenvalue weighted by molar-refractivity contribution is 7.11. The highest BCUT2D eigenvalue weighted by Crippen LogP contribution is 2.28. The van der Waals surface area contributed by atoms with Crippen LogP contribution in [0.15, 0.2) is 18.5 Å². The van der Waals surface area contributed by atoms with Crippen molar-refractivity contribution in [2.24, 2.45) is 0 Å². The average molecular weight is 384 g/mol. The molecule has 8 heteroatoms. The molecular weight excluding hydrogens is 358 g/mol.